The van der Waals surface area contributed by atoms with Gasteiger partial charge in [0, 0.05) is 19.6 Å². The van der Waals surface area contributed by atoms with Crippen molar-refractivity contribution in [2.24, 2.45) is 5.92 Å². The van der Waals surface area contributed by atoms with Gasteiger partial charge in [0.15, 0.2) is 0 Å². The van der Waals surface area contributed by atoms with Crippen LogP contribution in [0.5, 0.6) is 0 Å². The zero-order valence-electron chi connectivity index (χ0n) is 12.0. The van der Waals surface area contributed by atoms with Crippen molar-refractivity contribution in [3.05, 3.63) is 35.1 Å². The Kier molecular flexibility index (Phi) is 4.73. The number of rotatable bonds is 5. The van der Waals surface area contributed by atoms with Crippen LogP contribution in [0.3, 0.4) is 0 Å². The third-order valence-corrected chi connectivity index (χ3v) is 3.72. The SMILES string of the molecule is CN1CCC(CN(C)Cc2cc(F)cc(C(=O)O)c2)C1. The summed E-state index contributed by atoms with van der Waals surface area (Å²) >= 11 is 0. The largest absolute Gasteiger partial charge is 0.478 e. The zero-order chi connectivity index (χ0) is 14.7. The van der Waals surface area contributed by atoms with E-state index < -0.39 is 11.8 Å². The number of hydrogen-bond donors (Lipinski definition) is 1. The highest BCUT2D eigenvalue weighted by Gasteiger charge is 2.20. The average Bonchev–Trinajstić information content (AvgIpc) is 2.73. The predicted molar refractivity (Wildman–Crippen MR) is 75.3 cm³/mol. The molecule has 5 heteroatoms. The van der Waals surface area contributed by atoms with E-state index in [0.717, 1.165) is 25.7 Å². The van der Waals surface area contributed by atoms with Gasteiger partial charge in [0.25, 0.3) is 0 Å². The molecule has 1 N–H and O–H groups in total. The Morgan fingerprint density at radius 2 is 2.25 bits per heavy atom. The van der Waals surface area contributed by atoms with Crippen LogP contribution in [0.1, 0.15) is 22.3 Å². The van der Waals surface area contributed by atoms with E-state index in [4.69, 9.17) is 5.11 Å². The van der Waals surface area contributed by atoms with Crippen molar-refractivity contribution in [3.8, 4) is 0 Å². The van der Waals surface area contributed by atoms with Crippen molar-refractivity contribution >= 4 is 5.97 Å². The van der Waals surface area contributed by atoms with Crippen LogP contribution < -0.4 is 0 Å². The van der Waals surface area contributed by atoms with Crippen molar-refractivity contribution in [1.29, 1.82) is 0 Å². The summed E-state index contributed by atoms with van der Waals surface area (Å²) in [5.41, 5.74) is 0.713. The molecule has 1 aromatic carbocycles. The Bertz CT molecular complexity index is 493. The van der Waals surface area contributed by atoms with E-state index in [0.29, 0.717) is 18.0 Å². The predicted octanol–water partition coefficient (Wildman–Crippen LogP) is 1.91. The van der Waals surface area contributed by atoms with Crippen molar-refractivity contribution in [1.82, 2.24) is 9.80 Å². The van der Waals surface area contributed by atoms with E-state index in [-0.39, 0.29) is 5.56 Å². The molecule has 0 amide bonds. The van der Waals surface area contributed by atoms with Gasteiger partial charge in [-0.05, 0) is 56.7 Å². The molecule has 4 nitrogen and oxygen atoms in total. The lowest BCUT2D eigenvalue weighted by Crippen LogP contribution is -2.27. The van der Waals surface area contributed by atoms with E-state index >= 15 is 0 Å². The Balaban J connectivity index is 1.96. The summed E-state index contributed by atoms with van der Waals surface area (Å²) in [5, 5.41) is 8.94. The standard InChI is InChI=1S/C15H21FN2O2/c1-17-4-3-11(8-17)9-18(2)10-12-5-13(15(19)20)7-14(16)6-12/h5-7,11H,3-4,8-10H2,1-2H3,(H,19,20). The lowest BCUT2D eigenvalue weighted by molar-refractivity contribution is 0.0696. The van der Waals surface area contributed by atoms with Gasteiger partial charge in [-0.2, -0.15) is 0 Å². The minimum atomic E-state index is -1.09. The molecular formula is C15H21FN2O2. The van der Waals surface area contributed by atoms with Crippen LogP contribution in [0.4, 0.5) is 4.39 Å². The minimum Gasteiger partial charge on any atom is -0.478 e. The second kappa shape index (κ2) is 6.33. The molecule has 2 rings (SSSR count). The van der Waals surface area contributed by atoms with Crippen molar-refractivity contribution in [3.63, 3.8) is 0 Å². The molecule has 0 saturated carbocycles. The molecule has 20 heavy (non-hydrogen) atoms. The quantitative estimate of drug-likeness (QED) is 0.895. The third-order valence-electron chi connectivity index (χ3n) is 3.72. The van der Waals surface area contributed by atoms with E-state index in [1.54, 1.807) is 6.07 Å². The van der Waals surface area contributed by atoms with E-state index in [1.807, 2.05) is 7.05 Å². The summed E-state index contributed by atoms with van der Waals surface area (Å²) < 4.78 is 13.4. The van der Waals surface area contributed by atoms with Crippen molar-refractivity contribution < 1.29 is 14.3 Å². The molecule has 0 bridgehead atoms. The van der Waals surface area contributed by atoms with Crippen LogP contribution in [-0.4, -0.2) is 54.6 Å². The number of aromatic carboxylic acids is 1. The molecule has 1 aliphatic heterocycles. The van der Waals surface area contributed by atoms with Gasteiger partial charge in [-0.1, -0.05) is 0 Å². The summed E-state index contributed by atoms with van der Waals surface area (Å²) in [6.45, 7) is 3.73. The Labute approximate surface area is 118 Å². The normalized spacial score (nSPS) is 19.7. The average molecular weight is 280 g/mol. The first-order chi connectivity index (χ1) is 9.44. The van der Waals surface area contributed by atoms with Gasteiger partial charge in [-0.3, -0.25) is 0 Å². The summed E-state index contributed by atoms with van der Waals surface area (Å²) in [5.74, 6) is -0.947. The zero-order valence-corrected chi connectivity index (χ0v) is 12.0. The molecule has 1 saturated heterocycles. The molecule has 0 aromatic heterocycles. The van der Waals surface area contributed by atoms with E-state index in [9.17, 15) is 9.18 Å². The highest BCUT2D eigenvalue weighted by atomic mass is 19.1. The number of carboxylic acid groups (broad SMARTS) is 1. The number of hydrogen-bond acceptors (Lipinski definition) is 3. The molecule has 1 aliphatic rings. The lowest BCUT2D eigenvalue weighted by Gasteiger charge is -2.21. The Morgan fingerprint density at radius 3 is 2.85 bits per heavy atom. The van der Waals surface area contributed by atoms with Gasteiger partial charge in [0.2, 0.25) is 0 Å². The second-order valence-electron chi connectivity index (χ2n) is 5.77. The first-order valence-corrected chi connectivity index (χ1v) is 6.84. The molecule has 1 atom stereocenters. The number of carbonyl (C=O) groups is 1. The number of likely N-dealkylation sites (tertiary alicyclic amines) is 1. The maximum absolute atomic E-state index is 13.4. The third kappa shape index (κ3) is 4.02. The fraction of sp³-hybridized carbons (Fsp3) is 0.533. The fourth-order valence-electron chi connectivity index (χ4n) is 2.86. The molecule has 1 heterocycles. The summed E-state index contributed by atoms with van der Waals surface area (Å²) in [6, 6.07) is 4.00. The molecular weight excluding hydrogens is 259 g/mol. The second-order valence-corrected chi connectivity index (χ2v) is 5.77. The number of benzene rings is 1. The highest BCUT2D eigenvalue weighted by Crippen LogP contribution is 2.17. The van der Waals surface area contributed by atoms with Crippen molar-refractivity contribution in [2.45, 2.75) is 13.0 Å². The van der Waals surface area contributed by atoms with Gasteiger partial charge in [0.05, 0.1) is 5.56 Å². The highest BCUT2D eigenvalue weighted by molar-refractivity contribution is 5.87. The van der Waals surface area contributed by atoms with Crippen LogP contribution in [0, 0.1) is 11.7 Å². The fourth-order valence-corrected chi connectivity index (χ4v) is 2.86. The van der Waals surface area contributed by atoms with Crippen LogP contribution in [-0.2, 0) is 6.54 Å². The molecule has 1 fully saturated rings. The maximum Gasteiger partial charge on any atom is 0.335 e. The monoisotopic (exact) mass is 280 g/mol. The molecule has 110 valence electrons. The summed E-state index contributed by atoms with van der Waals surface area (Å²) in [4.78, 5) is 15.4. The van der Waals surface area contributed by atoms with E-state index in [1.165, 1.54) is 12.5 Å². The lowest BCUT2D eigenvalue weighted by atomic mass is 10.1. The summed E-state index contributed by atoms with van der Waals surface area (Å²) in [7, 11) is 4.11. The van der Waals surface area contributed by atoms with Crippen LogP contribution in [0.25, 0.3) is 0 Å². The number of halogens is 1. The molecule has 0 radical (unpaired) electrons. The smallest absolute Gasteiger partial charge is 0.335 e. The first-order valence-electron chi connectivity index (χ1n) is 6.84. The molecule has 0 spiro atoms. The van der Waals surface area contributed by atoms with Crippen molar-refractivity contribution in [2.75, 3.05) is 33.7 Å². The Morgan fingerprint density at radius 1 is 1.50 bits per heavy atom. The summed E-state index contributed by atoms with van der Waals surface area (Å²) in [6.07, 6.45) is 1.18. The van der Waals surface area contributed by atoms with Gasteiger partial charge < -0.3 is 14.9 Å². The van der Waals surface area contributed by atoms with E-state index in [2.05, 4.69) is 16.8 Å². The topological polar surface area (TPSA) is 43.8 Å². The van der Waals surface area contributed by atoms with Crippen LogP contribution in [0.15, 0.2) is 18.2 Å². The first kappa shape index (κ1) is 14.9. The minimum absolute atomic E-state index is 0.00833. The number of carboxylic acids is 1. The van der Waals surface area contributed by atoms with Gasteiger partial charge in [-0.15, -0.1) is 0 Å². The molecule has 0 aliphatic carbocycles. The molecule has 1 unspecified atom stereocenters. The van der Waals surface area contributed by atoms with Crippen LogP contribution in [0.2, 0.25) is 0 Å². The Hall–Kier alpha value is -1.46. The van der Waals surface area contributed by atoms with Gasteiger partial charge in [-0.25, -0.2) is 9.18 Å². The van der Waals surface area contributed by atoms with Crippen LogP contribution >= 0.6 is 0 Å². The maximum atomic E-state index is 13.4. The van der Waals surface area contributed by atoms with Gasteiger partial charge >= 0.3 is 5.97 Å². The van der Waals surface area contributed by atoms with Gasteiger partial charge in [0.1, 0.15) is 5.82 Å². The molecule has 1 aromatic rings. The number of nitrogens with zero attached hydrogens (tertiary/aromatic N) is 2.